The van der Waals surface area contributed by atoms with Gasteiger partial charge in [-0.2, -0.15) is 0 Å². The van der Waals surface area contributed by atoms with E-state index in [1.54, 1.807) is 18.2 Å². The van der Waals surface area contributed by atoms with Crippen molar-refractivity contribution in [1.29, 1.82) is 0 Å². The summed E-state index contributed by atoms with van der Waals surface area (Å²) in [6.45, 7) is 0. The summed E-state index contributed by atoms with van der Waals surface area (Å²) in [6, 6.07) is 4.82. The molecule has 0 radical (unpaired) electrons. The Balaban J connectivity index is 2.62. The molecular formula is C10H4Cl3NO2. The predicted molar refractivity (Wildman–Crippen MR) is 62.4 cm³/mol. The monoisotopic (exact) mass is 275 g/mol. The van der Waals surface area contributed by atoms with Crippen molar-refractivity contribution in [2.24, 2.45) is 0 Å². The van der Waals surface area contributed by atoms with Crippen molar-refractivity contribution in [1.82, 2.24) is 5.16 Å². The van der Waals surface area contributed by atoms with Gasteiger partial charge in [0.15, 0.2) is 6.29 Å². The highest BCUT2D eigenvalue weighted by molar-refractivity contribution is 6.35. The molecule has 2 aromatic rings. The van der Waals surface area contributed by atoms with Gasteiger partial charge in [0.05, 0.1) is 0 Å². The number of carbonyl (C=O) groups is 1. The minimum absolute atomic E-state index is 0.0545. The van der Waals surface area contributed by atoms with Crippen molar-refractivity contribution in [2.45, 2.75) is 0 Å². The molecule has 82 valence electrons. The first-order valence-electron chi connectivity index (χ1n) is 4.18. The molecule has 0 saturated carbocycles. The second-order valence-electron chi connectivity index (χ2n) is 2.99. The van der Waals surface area contributed by atoms with Gasteiger partial charge in [-0.05, 0) is 29.8 Å². The molecule has 6 heteroatoms. The summed E-state index contributed by atoms with van der Waals surface area (Å²) in [5.74, 6) is 0. The lowest BCUT2D eigenvalue weighted by atomic mass is 10.1. The molecule has 1 heterocycles. The van der Waals surface area contributed by atoms with Gasteiger partial charge in [-0.25, -0.2) is 0 Å². The van der Waals surface area contributed by atoms with Crippen LogP contribution in [-0.4, -0.2) is 11.4 Å². The lowest BCUT2D eigenvalue weighted by Gasteiger charge is -1.99. The molecule has 0 atom stereocenters. The minimum Gasteiger partial charge on any atom is -0.343 e. The molecule has 3 nitrogen and oxygen atoms in total. The van der Waals surface area contributed by atoms with Crippen LogP contribution in [0.2, 0.25) is 15.3 Å². The Bertz CT molecular complexity index is 531. The first-order chi connectivity index (χ1) is 7.61. The van der Waals surface area contributed by atoms with E-state index in [1.165, 1.54) is 0 Å². The maximum Gasteiger partial charge on any atom is 0.237 e. The van der Waals surface area contributed by atoms with Crippen LogP contribution in [0.5, 0.6) is 0 Å². The van der Waals surface area contributed by atoms with E-state index >= 15 is 0 Å². The zero-order chi connectivity index (χ0) is 11.7. The summed E-state index contributed by atoms with van der Waals surface area (Å²) < 4.78 is 4.72. The lowest BCUT2D eigenvalue weighted by molar-refractivity contribution is 0.112. The highest BCUT2D eigenvalue weighted by Crippen LogP contribution is 2.31. The van der Waals surface area contributed by atoms with Gasteiger partial charge in [-0.1, -0.05) is 28.4 Å². The van der Waals surface area contributed by atoms with Gasteiger partial charge in [0.1, 0.15) is 11.3 Å². The number of aldehydes is 1. The van der Waals surface area contributed by atoms with Gasteiger partial charge in [-0.3, -0.25) is 4.79 Å². The van der Waals surface area contributed by atoms with E-state index in [1.807, 2.05) is 0 Å². The van der Waals surface area contributed by atoms with E-state index in [2.05, 4.69) is 5.16 Å². The molecule has 0 aliphatic rings. The average molecular weight is 277 g/mol. The normalized spacial score (nSPS) is 10.4. The van der Waals surface area contributed by atoms with E-state index < -0.39 is 0 Å². The summed E-state index contributed by atoms with van der Waals surface area (Å²) >= 11 is 17.3. The van der Waals surface area contributed by atoms with Gasteiger partial charge >= 0.3 is 0 Å². The maximum absolute atomic E-state index is 10.8. The molecule has 0 N–H and O–H groups in total. The second-order valence-corrected chi connectivity index (χ2v) is 4.21. The number of hydrogen-bond donors (Lipinski definition) is 0. The van der Waals surface area contributed by atoms with Crippen molar-refractivity contribution in [2.75, 3.05) is 0 Å². The Kier molecular flexibility index (Phi) is 3.19. The van der Waals surface area contributed by atoms with Crippen LogP contribution in [0.25, 0.3) is 11.3 Å². The Hall–Kier alpha value is -1.03. The number of aromatic nitrogens is 1. The lowest BCUT2D eigenvalue weighted by Crippen LogP contribution is -1.85. The van der Waals surface area contributed by atoms with Crippen LogP contribution in [0.4, 0.5) is 0 Å². The third-order valence-electron chi connectivity index (χ3n) is 1.94. The van der Waals surface area contributed by atoms with Gasteiger partial charge < -0.3 is 4.52 Å². The van der Waals surface area contributed by atoms with Gasteiger partial charge in [-0.15, -0.1) is 0 Å². The van der Waals surface area contributed by atoms with Gasteiger partial charge in [0.25, 0.3) is 0 Å². The number of nitrogens with zero attached hydrogens (tertiary/aromatic N) is 1. The van der Waals surface area contributed by atoms with Crippen molar-refractivity contribution in [3.63, 3.8) is 0 Å². The Labute approximate surface area is 106 Å². The highest BCUT2D eigenvalue weighted by atomic mass is 35.5. The fraction of sp³-hybridized carbons (Fsp3) is 0. The molecule has 0 spiro atoms. The summed E-state index contributed by atoms with van der Waals surface area (Å²) in [4.78, 5) is 10.8. The van der Waals surface area contributed by atoms with Crippen LogP contribution in [0.1, 0.15) is 10.4 Å². The number of rotatable bonds is 2. The minimum atomic E-state index is -0.0545. The third kappa shape index (κ3) is 2.07. The molecule has 0 fully saturated rings. The largest absolute Gasteiger partial charge is 0.343 e. The van der Waals surface area contributed by atoms with Crippen LogP contribution in [0.15, 0.2) is 22.7 Å². The zero-order valence-electron chi connectivity index (χ0n) is 7.71. The van der Waals surface area contributed by atoms with Gasteiger partial charge in [0.2, 0.25) is 5.22 Å². The zero-order valence-corrected chi connectivity index (χ0v) is 9.97. The van der Waals surface area contributed by atoms with Crippen molar-refractivity contribution in [3.05, 3.63) is 39.0 Å². The summed E-state index contributed by atoms with van der Waals surface area (Å²) in [6.07, 6.45) is 0.572. The van der Waals surface area contributed by atoms with Crippen molar-refractivity contribution < 1.29 is 9.32 Å². The summed E-state index contributed by atoms with van der Waals surface area (Å²) in [5, 5.41) is 4.52. The van der Waals surface area contributed by atoms with Crippen molar-refractivity contribution >= 4 is 41.1 Å². The first-order valence-corrected chi connectivity index (χ1v) is 5.32. The average Bonchev–Trinajstić information content (AvgIpc) is 2.58. The Morgan fingerprint density at radius 2 is 1.75 bits per heavy atom. The number of hydrogen-bond acceptors (Lipinski definition) is 3. The molecule has 0 bridgehead atoms. The fourth-order valence-electron chi connectivity index (χ4n) is 1.28. The molecule has 0 unspecified atom stereocenters. The van der Waals surface area contributed by atoms with E-state index in [0.717, 1.165) is 0 Å². The van der Waals surface area contributed by atoms with Crippen LogP contribution in [0.3, 0.4) is 0 Å². The smallest absolute Gasteiger partial charge is 0.237 e. The highest BCUT2D eigenvalue weighted by Gasteiger charge is 2.16. The van der Waals surface area contributed by atoms with Crippen LogP contribution >= 0.6 is 34.8 Å². The predicted octanol–water partition coefficient (Wildman–Crippen LogP) is 4.11. The molecular weight excluding hydrogens is 272 g/mol. The summed E-state index contributed by atoms with van der Waals surface area (Å²) in [5.41, 5.74) is 1.08. The Morgan fingerprint density at radius 3 is 2.31 bits per heavy atom. The molecule has 16 heavy (non-hydrogen) atoms. The van der Waals surface area contributed by atoms with Crippen molar-refractivity contribution in [3.8, 4) is 11.3 Å². The van der Waals surface area contributed by atoms with E-state index in [0.29, 0.717) is 27.6 Å². The molecule has 1 aromatic heterocycles. The SMILES string of the molecule is O=Cc1c(-c2cc(Cl)cc(Cl)c2)noc1Cl. The van der Waals surface area contributed by atoms with E-state index in [-0.39, 0.29) is 10.8 Å². The molecule has 1 aromatic carbocycles. The molecule has 0 saturated heterocycles. The number of carbonyl (C=O) groups excluding carboxylic acids is 1. The number of halogens is 3. The quantitative estimate of drug-likeness (QED) is 0.775. The third-order valence-corrected chi connectivity index (χ3v) is 2.65. The topological polar surface area (TPSA) is 43.1 Å². The maximum atomic E-state index is 10.8. The fourth-order valence-corrected chi connectivity index (χ4v) is 1.97. The molecule has 0 amide bonds. The first kappa shape index (κ1) is 11.5. The second kappa shape index (κ2) is 4.45. The molecule has 0 aliphatic heterocycles. The Morgan fingerprint density at radius 1 is 1.12 bits per heavy atom. The van der Waals surface area contributed by atoms with Crippen LogP contribution in [-0.2, 0) is 0 Å². The number of benzene rings is 1. The van der Waals surface area contributed by atoms with E-state index in [9.17, 15) is 4.79 Å². The molecule has 2 rings (SSSR count). The summed E-state index contributed by atoms with van der Waals surface area (Å²) in [7, 11) is 0. The van der Waals surface area contributed by atoms with Crippen LogP contribution in [0, 0.1) is 0 Å². The van der Waals surface area contributed by atoms with E-state index in [4.69, 9.17) is 39.3 Å². The molecule has 0 aliphatic carbocycles. The van der Waals surface area contributed by atoms with Crippen LogP contribution < -0.4 is 0 Å². The van der Waals surface area contributed by atoms with Gasteiger partial charge in [0, 0.05) is 15.6 Å². The standard InChI is InChI=1S/C10H4Cl3NO2/c11-6-1-5(2-7(12)3-6)9-8(4-15)10(13)16-14-9/h1-4H.